The molecule has 4 heterocycles. The number of fused-ring (bicyclic) bond motifs is 1. The molecule has 118 valence electrons. The van der Waals surface area contributed by atoms with Gasteiger partial charge in [-0.15, -0.1) is 0 Å². The minimum Gasteiger partial charge on any atom is -0.383 e. The van der Waals surface area contributed by atoms with Gasteiger partial charge in [-0.25, -0.2) is 4.98 Å². The zero-order valence-electron chi connectivity index (χ0n) is 12.8. The first-order valence-electron chi connectivity index (χ1n) is 7.77. The Morgan fingerprint density at radius 2 is 2.09 bits per heavy atom. The number of rotatable bonds is 2. The van der Waals surface area contributed by atoms with E-state index < -0.39 is 0 Å². The van der Waals surface area contributed by atoms with Crippen LogP contribution in [0.15, 0.2) is 36.7 Å². The Bertz CT molecular complexity index is 821. The van der Waals surface area contributed by atoms with Gasteiger partial charge >= 0.3 is 0 Å². The van der Waals surface area contributed by atoms with Crippen LogP contribution in [0.4, 0.5) is 17.6 Å². The highest BCUT2D eigenvalue weighted by molar-refractivity contribution is 5.51. The third kappa shape index (κ3) is 2.54. The minimum atomic E-state index is 0.219. The molecule has 4 rings (SSSR count). The van der Waals surface area contributed by atoms with Crippen LogP contribution in [0.25, 0.3) is 5.65 Å². The Hall–Kier alpha value is -2.83. The Morgan fingerprint density at radius 3 is 2.96 bits per heavy atom. The van der Waals surface area contributed by atoms with Crippen molar-refractivity contribution in [2.45, 2.75) is 18.8 Å². The molecular formula is C16H19N7. The van der Waals surface area contributed by atoms with E-state index in [9.17, 15) is 0 Å². The number of hydrogen-bond acceptors (Lipinski definition) is 6. The second kappa shape index (κ2) is 5.42. The van der Waals surface area contributed by atoms with E-state index in [0.29, 0.717) is 11.7 Å². The lowest BCUT2D eigenvalue weighted by Crippen LogP contribution is -2.35. The zero-order chi connectivity index (χ0) is 15.8. The van der Waals surface area contributed by atoms with Gasteiger partial charge in [-0.1, -0.05) is 6.07 Å². The van der Waals surface area contributed by atoms with Gasteiger partial charge in [0.2, 0.25) is 5.95 Å². The van der Waals surface area contributed by atoms with Crippen LogP contribution in [-0.2, 0) is 0 Å². The third-order valence-electron chi connectivity index (χ3n) is 4.36. The predicted octanol–water partition coefficient (Wildman–Crippen LogP) is 1.67. The average Bonchev–Trinajstić information content (AvgIpc) is 2.98. The van der Waals surface area contributed by atoms with Crippen molar-refractivity contribution in [2.24, 2.45) is 0 Å². The van der Waals surface area contributed by atoms with Gasteiger partial charge in [0.25, 0.3) is 0 Å². The molecule has 0 saturated carbocycles. The number of nitrogens with zero attached hydrogens (tertiary/aromatic N) is 5. The van der Waals surface area contributed by atoms with E-state index in [2.05, 4.69) is 30.4 Å². The molecule has 1 atom stereocenters. The summed E-state index contributed by atoms with van der Waals surface area (Å²) in [5, 5.41) is 0. The molecule has 7 heteroatoms. The second-order valence-corrected chi connectivity index (χ2v) is 5.91. The molecule has 4 N–H and O–H groups in total. The van der Waals surface area contributed by atoms with Crippen LogP contribution >= 0.6 is 0 Å². The SMILES string of the molecule is Nc1cc(N2CCCC(c3cnc4ccccn34)C2)nc(N)n1. The van der Waals surface area contributed by atoms with E-state index in [4.69, 9.17) is 11.5 Å². The second-order valence-electron chi connectivity index (χ2n) is 5.91. The summed E-state index contributed by atoms with van der Waals surface area (Å²) < 4.78 is 2.16. The maximum absolute atomic E-state index is 5.80. The highest BCUT2D eigenvalue weighted by Crippen LogP contribution is 2.30. The lowest BCUT2D eigenvalue weighted by molar-refractivity contribution is 0.496. The Morgan fingerprint density at radius 1 is 1.17 bits per heavy atom. The molecular weight excluding hydrogens is 290 g/mol. The van der Waals surface area contributed by atoms with Crippen molar-refractivity contribution in [3.05, 3.63) is 42.4 Å². The first kappa shape index (κ1) is 13.8. The lowest BCUT2D eigenvalue weighted by atomic mass is 9.95. The molecule has 3 aromatic heterocycles. The maximum Gasteiger partial charge on any atom is 0.223 e. The molecule has 1 aliphatic heterocycles. The quantitative estimate of drug-likeness (QED) is 0.747. The summed E-state index contributed by atoms with van der Waals surface area (Å²) >= 11 is 0. The van der Waals surface area contributed by atoms with Gasteiger partial charge in [0, 0.05) is 43.2 Å². The molecule has 1 saturated heterocycles. The largest absolute Gasteiger partial charge is 0.383 e. The molecule has 1 unspecified atom stereocenters. The molecule has 0 aromatic carbocycles. The summed E-state index contributed by atoms with van der Waals surface area (Å²) in [7, 11) is 0. The van der Waals surface area contributed by atoms with Crippen LogP contribution in [0, 0.1) is 0 Å². The van der Waals surface area contributed by atoms with E-state index in [1.807, 2.05) is 24.4 Å². The number of anilines is 3. The smallest absolute Gasteiger partial charge is 0.223 e. The van der Waals surface area contributed by atoms with Crippen molar-refractivity contribution >= 4 is 23.2 Å². The normalized spacial score (nSPS) is 18.4. The van der Waals surface area contributed by atoms with Crippen LogP contribution < -0.4 is 16.4 Å². The van der Waals surface area contributed by atoms with Gasteiger partial charge in [0.05, 0.1) is 0 Å². The molecule has 0 spiro atoms. The lowest BCUT2D eigenvalue weighted by Gasteiger charge is -2.33. The molecule has 1 aliphatic rings. The highest BCUT2D eigenvalue weighted by atomic mass is 15.2. The Balaban J connectivity index is 1.64. The zero-order valence-corrected chi connectivity index (χ0v) is 12.8. The number of hydrogen-bond donors (Lipinski definition) is 2. The van der Waals surface area contributed by atoms with E-state index in [-0.39, 0.29) is 5.95 Å². The number of aromatic nitrogens is 4. The fourth-order valence-electron chi connectivity index (χ4n) is 3.31. The number of pyridine rings is 1. The molecule has 0 bridgehead atoms. The third-order valence-corrected chi connectivity index (χ3v) is 4.36. The maximum atomic E-state index is 5.80. The molecule has 7 nitrogen and oxygen atoms in total. The van der Waals surface area contributed by atoms with Gasteiger partial charge in [-0.05, 0) is 25.0 Å². The van der Waals surface area contributed by atoms with Crippen LogP contribution in [0.3, 0.4) is 0 Å². The van der Waals surface area contributed by atoms with Crippen LogP contribution in [0.2, 0.25) is 0 Å². The molecule has 0 radical (unpaired) electrons. The Labute approximate surface area is 134 Å². The van der Waals surface area contributed by atoms with Gasteiger partial charge in [-0.3, -0.25) is 0 Å². The van der Waals surface area contributed by atoms with E-state index >= 15 is 0 Å². The van der Waals surface area contributed by atoms with Crippen molar-refractivity contribution in [1.29, 1.82) is 0 Å². The van der Waals surface area contributed by atoms with Crippen LogP contribution in [0.1, 0.15) is 24.5 Å². The summed E-state index contributed by atoms with van der Waals surface area (Å²) in [4.78, 5) is 15.0. The van der Waals surface area contributed by atoms with E-state index in [1.54, 1.807) is 6.07 Å². The van der Waals surface area contributed by atoms with Crippen molar-refractivity contribution in [1.82, 2.24) is 19.4 Å². The van der Waals surface area contributed by atoms with Crippen molar-refractivity contribution in [3.8, 4) is 0 Å². The molecule has 23 heavy (non-hydrogen) atoms. The number of imidazole rings is 1. The molecule has 0 amide bonds. The summed E-state index contributed by atoms with van der Waals surface area (Å²) in [5.41, 5.74) is 13.7. The number of nitrogen functional groups attached to an aromatic ring is 2. The number of piperidine rings is 1. The first-order valence-corrected chi connectivity index (χ1v) is 7.77. The van der Waals surface area contributed by atoms with E-state index in [0.717, 1.165) is 37.4 Å². The Kier molecular flexibility index (Phi) is 3.25. The minimum absolute atomic E-state index is 0.219. The van der Waals surface area contributed by atoms with E-state index in [1.165, 1.54) is 5.69 Å². The first-order chi connectivity index (χ1) is 11.2. The van der Waals surface area contributed by atoms with Crippen molar-refractivity contribution in [2.75, 3.05) is 29.5 Å². The topological polar surface area (TPSA) is 98.4 Å². The predicted molar refractivity (Wildman–Crippen MR) is 90.2 cm³/mol. The highest BCUT2D eigenvalue weighted by Gasteiger charge is 2.25. The van der Waals surface area contributed by atoms with Gasteiger partial charge < -0.3 is 20.8 Å². The summed E-state index contributed by atoms with van der Waals surface area (Å²) in [6.45, 7) is 1.82. The fraction of sp³-hybridized carbons (Fsp3) is 0.312. The van der Waals surface area contributed by atoms with Gasteiger partial charge in [0.1, 0.15) is 17.3 Å². The van der Waals surface area contributed by atoms with Crippen molar-refractivity contribution < 1.29 is 0 Å². The van der Waals surface area contributed by atoms with Crippen LogP contribution in [-0.4, -0.2) is 32.4 Å². The van der Waals surface area contributed by atoms with Gasteiger partial charge in [0.15, 0.2) is 0 Å². The van der Waals surface area contributed by atoms with Crippen molar-refractivity contribution in [3.63, 3.8) is 0 Å². The van der Waals surface area contributed by atoms with Crippen LogP contribution in [0.5, 0.6) is 0 Å². The molecule has 0 aliphatic carbocycles. The van der Waals surface area contributed by atoms with Gasteiger partial charge in [-0.2, -0.15) is 9.97 Å². The fourth-order valence-corrected chi connectivity index (χ4v) is 3.31. The molecule has 1 fully saturated rings. The summed E-state index contributed by atoms with van der Waals surface area (Å²) in [5.74, 6) is 1.83. The average molecular weight is 309 g/mol. The number of nitrogens with two attached hydrogens (primary N) is 2. The summed E-state index contributed by atoms with van der Waals surface area (Å²) in [6, 6.07) is 7.85. The summed E-state index contributed by atoms with van der Waals surface area (Å²) in [6.07, 6.45) is 6.27. The monoisotopic (exact) mass is 309 g/mol. The molecule has 3 aromatic rings. The standard InChI is InChI=1S/C16H19N7/c17-13-8-15(21-16(18)20-13)22-6-3-4-11(10-22)12-9-19-14-5-1-2-7-23(12)14/h1-2,5,7-9,11H,3-4,6,10H2,(H4,17,18,20,21).